The lowest BCUT2D eigenvalue weighted by molar-refractivity contribution is 0.100. The Bertz CT molecular complexity index is 780. The third-order valence-electron chi connectivity index (χ3n) is 2.82. The van der Waals surface area contributed by atoms with Crippen LogP contribution in [0, 0.1) is 0 Å². The maximum Gasteiger partial charge on any atom is 0.248 e. The van der Waals surface area contributed by atoms with E-state index in [0.29, 0.717) is 28.1 Å². The number of primary amides is 1. The minimum absolute atomic E-state index is 0.332. The zero-order valence-electron chi connectivity index (χ0n) is 11.8. The predicted molar refractivity (Wildman–Crippen MR) is 81.4 cm³/mol. The number of aromatic nitrogens is 4. The van der Waals surface area contributed by atoms with Crippen LogP contribution in [-0.2, 0) is 0 Å². The summed E-state index contributed by atoms with van der Waals surface area (Å²) in [7, 11) is 0. The lowest BCUT2D eigenvalue weighted by Gasteiger charge is -2.02. The number of amides is 1. The van der Waals surface area contributed by atoms with Crippen LogP contribution in [-0.4, -0.2) is 26.1 Å². The highest BCUT2D eigenvalue weighted by Gasteiger charge is 2.13. The number of fused-ring (bicyclic) bond motifs is 1. The van der Waals surface area contributed by atoms with Gasteiger partial charge in [0.05, 0.1) is 11.1 Å². The molecular weight excluding hydrogens is 268 g/mol. The zero-order valence-corrected chi connectivity index (χ0v) is 11.8. The van der Waals surface area contributed by atoms with Gasteiger partial charge in [-0.3, -0.25) is 9.89 Å². The summed E-state index contributed by atoms with van der Waals surface area (Å²) in [5.41, 5.74) is 13.4. The predicted octanol–water partition coefficient (Wildman–Crippen LogP) is 1.73. The van der Waals surface area contributed by atoms with Crippen molar-refractivity contribution in [1.29, 1.82) is 0 Å². The Morgan fingerprint density at radius 2 is 2.00 bits per heavy atom. The van der Waals surface area contributed by atoms with E-state index in [0.717, 1.165) is 5.56 Å². The Labute approximate surface area is 121 Å². The van der Waals surface area contributed by atoms with E-state index in [9.17, 15) is 4.79 Å². The molecule has 0 saturated heterocycles. The van der Waals surface area contributed by atoms with Crippen LogP contribution in [0.15, 0.2) is 30.6 Å². The molecule has 0 radical (unpaired) electrons. The molecule has 0 aliphatic rings. The van der Waals surface area contributed by atoms with Crippen LogP contribution in [0.5, 0.6) is 0 Å². The molecule has 0 saturated carbocycles. The number of aromatic amines is 1. The molecule has 3 aromatic rings. The smallest absolute Gasteiger partial charge is 0.248 e. The second-order valence-corrected chi connectivity index (χ2v) is 4.00. The van der Waals surface area contributed by atoms with Gasteiger partial charge >= 0.3 is 0 Å². The van der Waals surface area contributed by atoms with E-state index < -0.39 is 5.91 Å². The van der Waals surface area contributed by atoms with Gasteiger partial charge in [-0.05, 0) is 12.1 Å². The molecule has 0 aliphatic heterocycles. The number of anilines is 1. The molecule has 1 amide bonds. The quantitative estimate of drug-likeness (QED) is 0.661. The Morgan fingerprint density at radius 1 is 1.24 bits per heavy atom. The molecule has 3 rings (SSSR count). The molecule has 0 aliphatic carbocycles. The van der Waals surface area contributed by atoms with Gasteiger partial charge in [0.1, 0.15) is 12.1 Å². The SMILES string of the molecule is CC.NC(=O)c1cccc(-c2[nH]nc3ncnc(N)c23)c1. The summed E-state index contributed by atoms with van der Waals surface area (Å²) in [6.45, 7) is 4.00. The summed E-state index contributed by atoms with van der Waals surface area (Å²) in [6.07, 6.45) is 1.35. The number of carbonyl (C=O) groups excluding carboxylic acids is 1. The number of H-pyrrole nitrogens is 1. The van der Waals surface area contributed by atoms with Crippen LogP contribution in [0.25, 0.3) is 22.3 Å². The largest absolute Gasteiger partial charge is 0.383 e. The first-order valence-electron chi connectivity index (χ1n) is 6.51. The summed E-state index contributed by atoms with van der Waals surface area (Å²) in [6, 6.07) is 6.87. The van der Waals surface area contributed by atoms with Crippen LogP contribution in [0.4, 0.5) is 5.82 Å². The molecule has 2 aromatic heterocycles. The second-order valence-electron chi connectivity index (χ2n) is 4.00. The average Bonchev–Trinajstić information content (AvgIpc) is 2.95. The van der Waals surface area contributed by atoms with E-state index in [2.05, 4.69) is 20.2 Å². The van der Waals surface area contributed by atoms with Crippen LogP contribution in [0.3, 0.4) is 0 Å². The standard InChI is InChI=1S/C12H10N6O.C2H6/c13-10-8-9(17-18-12(8)16-5-15-10)6-2-1-3-7(4-6)11(14)19;1-2/h1-5H,(H2,14,19)(H3,13,15,16,17,18);1-2H3. The van der Waals surface area contributed by atoms with E-state index in [4.69, 9.17) is 11.5 Å². The van der Waals surface area contributed by atoms with Crippen molar-refractivity contribution in [1.82, 2.24) is 20.2 Å². The molecule has 7 heteroatoms. The summed E-state index contributed by atoms with van der Waals surface area (Å²) >= 11 is 0. The number of rotatable bonds is 2. The minimum Gasteiger partial charge on any atom is -0.383 e. The Morgan fingerprint density at radius 3 is 2.71 bits per heavy atom. The fraction of sp³-hybridized carbons (Fsp3) is 0.143. The first-order chi connectivity index (χ1) is 10.2. The topological polar surface area (TPSA) is 124 Å². The van der Waals surface area contributed by atoms with E-state index in [1.165, 1.54) is 6.33 Å². The average molecular weight is 284 g/mol. The van der Waals surface area contributed by atoms with Crippen molar-refractivity contribution in [2.45, 2.75) is 13.8 Å². The van der Waals surface area contributed by atoms with E-state index in [1.807, 2.05) is 19.9 Å². The summed E-state index contributed by atoms with van der Waals surface area (Å²) in [5.74, 6) is -0.159. The molecule has 21 heavy (non-hydrogen) atoms. The van der Waals surface area contributed by atoms with Crippen molar-refractivity contribution in [2.24, 2.45) is 5.73 Å². The van der Waals surface area contributed by atoms with Crippen molar-refractivity contribution in [2.75, 3.05) is 5.73 Å². The maximum atomic E-state index is 11.2. The third-order valence-corrected chi connectivity index (χ3v) is 2.82. The fourth-order valence-corrected chi connectivity index (χ4v) is 1.92. The van der Waals surface area contributed by atoms with Gasteiger partial charge in [-0.15, -0.1) is 0 Å². The van der Waals surface area contributed by atoms with Gasteiger partial charge in [0.25, 0.3) is 0 Å². The number of benzene rings is 1. The van der Waals surface area contributed by atoms with Crippen molar-refractivity contribution in [3.05, 3.63) is 36.2 Å². The molecule has 108 valence electrons. The van der Waals surface area contributed by atoms with Crippen molar-refractivity contribution < 1.29 is 4.79 Å². The number of carbonyl (C=O) groups is 1. The van der Waals surface area contributed by atoms with Crippen LogP contribution >= 0.6 is 0 Å². The fourth-order valence-electron chi connectivity index (χ4n) is 1.92. The number of nitrogens with one attached hydrogen (secondary N) is 1. The molecule has 5 N–H and O–H groups in total. The summed E-state index contributed by atoms with van der Waals surface area (Å²) in [5, 5.41) is 7.54. The Balaban J connectivity index is 0.000000774. The highest BCUT2D eigenvalue weighted by atomic mass is 16.1. The molecule has 0 unspecified atom stereocenters. The first-order valence-corrected chi connectivity index (χ1v) is 6.51. The van der Waals surface area contributed by atoms with Crippen molar-refractivity contribution in [3.8, 4) is 11.3 Å². The highest BCUT2D eigenvalue weighted by molar-refractivity contribution is 5.99. The lowest BCUT2D eigenvalue weighted by atomic mass is 10.1. The number of nitrogens with two attached hydrogens (primary N) is 2. The maximum absolute atomic E-state index is 11.2. The van der Waals surface area contributed by atoms with E-state index in [1.54, 1.807) is 18.2 Å². The van der Waals surface area contributed by atoms with Gasteiger partial charge in [-0.1, -0.05) is 26.0 Å². The number of hydrogen-bond donors (Lipinski definition) is 3. The Kier molecular flexibility index (Phi) is 4.13. The molecule has 0 fully saturated rings. The first kappa shape index (κ1) is 14.4. The van der Waals surface area contributed by atoms with E-state index in [-0.39, 0.29) is 0 Å². The van der Waals surface area contributed by atoms with Gasteiger partial charge < -0.3 is 11.5 Å². The van der Waals surface area contributed by atoms with Crippen molar-refractivity contribution in [3.63, 3.8) is 0 Å². The van der Waals surface area contributed by atoms with Gasteiger partial charge in [-0.25, -0.2) is 9.97 Å². The number of hydrogen-bond acceptors (Lipinski definition) is 5. The molecule has 0 bridgehead atoms. The zero-order chi connectivity index (χ0) is 15.4. The molecule has 1 aromatic carbocycles. The van der Waals surface area contributed by atoms with Crippen LogP contribution in [0.1, 0.15) is 24.2 Å². The Hall–Kier alpha value is -2.96. The summed E-state index contributed by atoms with van der Waals surface area (Å²) < 4.78 is 0. The van der Waals surface area contributed by atoms with Crippen LogP contribution < -0.4 is 11.5 Å². The lowest BCUT2D eigenvalue weighted by Crippen LogP contribution is -2.10. The molecule has 7 nitrogen and oxygen atoms in total. The number of nitrogens with zero attached hydrogens (tertiary/aromatic N) is 3. The normalized spacial score (nSPS) is 10.0. The van der Waals surface area contributed by atoms with Crippen LogP contribution in [0.2, 0.25) is 0 Å². The second kappa shape index (κ2) is 6.00. The third kappa shape index (κ3) is 2.66. The minimum atomic E-state index is -0.491. The molecular formula is C14H16N6O. The van der Waals surface area contributed by atoms with Gasteiger partial charge in [0.2, 0.25) is 5.91 Å². The summed E-state index contributed by atoms with van der Waals surface area (Å²) in [4.78, 5) is 19.2. The van der Waals surface area contributed by atoms with Gasteiger partial charge in [0, 0.05) is 11.1 Å². The van der Waals surface area contributed by atoms with Gasteiger partial charge in [0.15, 0.2) is 5.65 Å². The number of nitrogen functional groups attached to an aromatic ring is 1. The monoisotopic (exact) mass is 284 g/mol. The molecule has 2 heterocycles. The highest BCUT2D eigenvalue weighted by Crippen LogP contribution is 2.28. The molecule has 0 spiro atoms. The van der Waals surface area contributed by atoms with Crippen molar-refractivity contribution >= 4 is 22.8 Å². The molecule has 0 atom stereocenters. The van der Waals surface area contributed by atoms with Gasteiger partial charge in [-0.2, -0.15) is 5.10 Å². The van der Waals surface area contributed by atoms with E-state index >= 15 is 0 Å².